The Hall–Kier alpha value is -2.89. The zero-order valence-corrected chi connectivity index (χ0v) is 19.4. The van der Waals surface area contributed by atoms with Crippen LogP contribution in [0.1, 0.15) is 55.5 Å². The van der Waals surface area contributed by atoms with Crippen LogP contribution in [0, 0.1) is 5.92 Å². The Morgan fingerprint density at radius 1 is 0.969 bits per heavy atom. The van der Waals surface area contributed by atoms with Crippen molar-refractivity contribution in [2.24, 2.45) is 5.92 Å². The number of rotatable bonds is 10. The van der Waals surface area contributed by atoms with E-state index in [1.165, 1.54) is 5.56 Å². The van der Waals surface area contributed by atoms with E-state index < -0.39 is 0 Å². The molecule has 0 spiro atoms. The highest BCUT2D eigenvalue weighted by molar-refractivity contribution is 5.94. The first-order valence-corrected chi connectivity index (χ1v) is 11.9. The number of nitrogens with zero attached hydrogens (tertiary/aromatic N) is 3. The van der Waals surface area contributed by atoms with Gasteiger partial charge < -0.3 is 15.1 Å². The molecule has 0 radical (unpaired) electrons. The van der Waals surface area contributed by atoms with Gasteiger partial charge in [0.2, 0.25) is 5.91 Å². The average molecular weight is 437 g/mol. The number of nitrogens with one attached hydrogen (secondary N) is 1. The van der Waals surface area contributed by atoms with E-state index in [-0.39, 0.29) is 17.7 Å². The summed E-state index contributed by atoms with van der Waals surface area (Å²) in [5.41, 5.74) is 1.92. The minimum absolute atomic E-state index is 0.0793. The maximum Gasteiger partial charge on any atom is 0.252 e. The number of anilines is 1. The second-order valence-corrected chi connectivity index (χ2v) is 8.43. The van der Waals surface area contributed by atoms with Crippen LogP contribution in [-0.4, -0.2) is 54.4 Å². The highest BCUT2D eigenvalue weighted by Crippen LogP contribution is 2.17. The van der Waals surface area contributed by atoms with Gasteiger partial charge in [-0.25, -0.2) is 4.98 Å². The first-order valence-electron chi connectivity index (χ1n) is 11.9. The molecule has 2 heterocycles. The molecule has 1 saturated heterocycles. The molecule has 32 heavy (non-hydrogen) atoms. The van der Waals surface area contributed by atoms with Crippen LogP contribution in [0.2, 0.25) is 0 Å². The lowest BCUT2D eigenvalue weighted by Crippen LogP contribution is -2.50. The fourth-order valence-corrected chi connectivity index (χ4v) is 4.16. The third-order valence-corrected chi connectivity index (χ3v) is 6.28. The Balaban J connectivity index is 1.40. The highest BCUT2D eigenvalue weighted by Gasteiger charge is 2.25. The van der Waals surface area contributed by atoms with Crippen molar-refractivity contribution in [3.63, 3.8) is 0 Å². The standard InChI is InChI=1S/C26H36N4O2/c1-3-22(4-2)26(32)30-18-16-29(17-19-30)24-14-13-23(20-28-24)25(31)27-15-9-8-12-21-10-6-5-7-11-21/h5-7,10-11,13-14,20,22H,3-4,8-9,12,15-19H2,1-2H3,(H,27,31). The quantitative estimate of drug-likeness (QED) is 0.574. The second kappa shape index (κ2) is 12.2. The molecule has 2 aromatic rings. The number of carbonyl (C=O) groups excluding carboxylic acids is 2. The van der Waals surface area contributed by atoms with Gasteiger partial charge in [0.25, 0.3) is 5.91 Å². The maximum absolute atomic E-state index is 12.6. The fraction of sp³-hybridized carbons (Fsp3) is 0.500. The third kappa shape index (κ3) is 6.55. The minimum atomic E-state index is -0.0793. The third-order valence-electron chi connectivity index (χ3n) is 6.28. The summed E-state index contributed by atoms with van der Waals surface area (Å²) < 4.78 is 0. The zero-order chi connectivity index (χ0) is 22.8. The molecule has 1 aliphatic rings. The van der Waals surface area contributed by atoms with Gasteiger partial charge in [0.05, 0.1) is 5.56 Å². The van der Waals surface area contributed by atoms with Gasteiger partial charge in [-0.15, -0.1) is 0 Å². The lowest BCUT2D eigenvalue weighted by Gasteiger charge is -2.36. The van der Waals surface area contributed by atoms with Gasteiger partial charge >= 0.3 is 0 Å². The lowest BCUT2D eigenvalue weighted by molar-refractivity contribution is -0.136. The highest BCUT2D eigenvalue weighted by atomic mass is 16.2. The molecule has 1 aromatic carbocycles. The van der Waals surface area contributed by atoms with Gasteiger partial charge in [-0.1, -0.05) is 44.2 Å². The van der Waals surface area contributed by atoms with Gasteiger partial charge in [-0.3, -0.25) is 9.59 Å². The largest absolute Gasteiger partial charge is 0.353 e. The number of carbonyl (C=O) groups is 2. The Bertz CT molecular complexity index is 842. The summed E-state index contributed by atoms with van der Waals surface area (Å²) >= 11 is 0. The molecule has 2 amide bonds. The molecular weight excluding hydrogens is 400 g/mol. The second-order valence-electron chi connectivity index (χ2n) is 8.43. The van der Waals surface area contributed by atoms with Crippen molar-refractivity contribution < 1.29 is 9.59 Å². The first-order chi connectivity index (χ1) is 15.6. The Kier molecular flexibility index (Phi) is 9.08. The van der Waals surface area contributed by atoms with E-state index in [2.05, 4.69) is 53.3 Å². The summed E-state index contributed by atoms with van der Waals surface area (Å²) in [5.74, 6) is 1.19. The summed E-state index contributed by atoms with van der Waals surface area (Å²) in [5, 5.41) is 2.99. The van der Waals surface area contributed by atoms with E-state index in [9.17, 15) is 9.59 Å². The Labute approximate surface area is 192 Å². The SMILES string of the molecule is CCC(CC)C(=O)N1CCN(c2ccc(C(=O)NCCCCc3ccccc3)cn2)CC1. The van der Waals surface area contributed by atoms with Crippen molar-refractivity contribution in [2.75, 3.05) is 37.6 Å². The number of aryl methyl sites for hydroxylation is 1. The van der Waals surface area contributed by atoms with E-state index in [1.54, 1.807) is 6.20 Å². The molecule has 0 atom stereocenters. The molecule has 3 rings (SSSR count). The van der Waals surface area contributed by atoms with Crippen LogP contribution in [0.5, 0.6) is 0 Å². The molecule has 0 saturated carbocycles. The number of piperazine rings is 1. The van der Waals surface area contributed by atoms with Crippen LogP contribution in [0.3, 0.4) is 0 Å². The average Bonchev–Trinajstić information content (AvgIpc) is 2.85. The molecule has 0 aliphatic carbocycles. The summed E-state index contributed by atoms with van der Waals surface area (Å²) in [6.45, 7) is 7.81. The topological polar surface area (TPSA) is 65.5 Å². The normalized spacial score (nSPS) is 14.0. The smallest absolute Gasteiger partial charge is 0.252 e. The van der Waals surface area contributed by atoms with Gasteiger partial charge in [0.1, 0.15) is 5.82 Å². The Morgan fingerprint density at radius 3 is 2.31 bits per heavy atom. The first kappa shape index (κ1) is 23.8. The Morgan fingerprint density at radius 2 is 1.69 bits per heavy atom. The van der Waals surface area contributed by atoms with Gasteiger partial charge in [0, 0.05) is 44.8 Å². The summed E-state index contributed by atoms with van der Waals surface area (Å²) in [4.78, 5) is 33.6. The van der Waals surface area contributed by atoms with Gasteiger partial charge in [-0.05, 0) is 49.8 Å². The molecular formula is C26H36N4O2. The van der Waals surface area contributed by atoms with E-state index in [1.807, 2.05) is 23.1 Å². The zero-order valence-electron chi connectivity index (χ0n) is 19.4. The molecule has 6 heteroatoms. The van der Waals surface area contributed by atoms with Crippen LogP contribution in [-0.2, 0) is 11.2 Å². The van der Waals surface area contributed by atoms with Crippen molar-refractivity contribution in [2.45, 2.75) is 46.0 Å². The molecule has 1 aromatic heterocycles. The van der Waals surface area contributed by atoms with Crippen LogP contribution >= 0.6 is 0 Å². The molecule has 172 valence electrons. The monoisotopic (exact) mass is 436 g/mol. The number of unbranched alkanes of at least 4 members (excludes halogenated alkanes) is 1. The van der Waals surface area contributed by atoms with Crippen LogP contribution in [0.25, 0.3) is 0 Å². The lowest BCUT2D eigenvalue weighted by atomic mass is 10.0. The van der Waals surface area contributed by atoms with E-state index in [4.69, 9.17) is 0 Å². The fourth-order valence-electron chi connectivity index (χ4n) is 4.16. The van der Waals surface area contributed by atoms with E-state index in [0.29, 0.717) is 12.1 Å². The van der Waals surface area contributed by atoms with Crippen molar-refractivity contribution in [1.82, 2.24) is 15.2 Å². The summed E-state index contributed by atoms with van der Waals surface area (Å²) in [6.07, 6.45) is 6.47. The van der Waals surface area contributed by atoms with E-state index in [0.717, 1.165) is 64.1 Å². The van der Waals surface area contributed by atoms with Crippen molar-refractivity contribution in [3.8, 4) is 0 Å². The minimum Gasteiger partial charge on any atom is -0.353 e. The number of hydrogen-bond acceptors (Lipinski definition) is 4. The predicted molar refractivity (Wildman–Crippen MR) is 129 cm³/mol. The molecule has 0 unspecified atom stereocenters. The molecule has 1 aliphatic heterocycles. The summed E-state index contributed by atoms with van der Waals surface area (Å²) in [6, 6.07) is 14.2. The van der Waals surface area contributed by atoms with Gasteiger partial charge in [0.15, 0.2) is 0 Å². The molecule has 6 nitrogen and oxygen atoms in total. The van der Waals surface area contributed by atoms with Crippen molar-refractivity contribution in [3.05, 3.63) is 59.8 Å². The van der Waals surface area contributed by atoms with E-state index >= 15 is 0 Å². The number of amides is 2. The number of hydrogen-bond donors (Lipinski definition) is 1. The number of aromatic nitrogens is 1. The number of pyridine rings is 1. The van der Waals surface area contributed by atoms with Crippen molar-refractivity contribution >= 4 is 17.6 Å². The predicted octanol–water partition coefficient (Wildman–Crippen LogP) is 3.92. The van der Waals surface area contributed by atoms with Crippen LogP contribution in [0.15, 0.2) is 48.7 Å². The molecule has 1 fully saturated rings. The van der Waals surface area contributed by atoms with Crippen LogP contribution < -0.4 is 10.2 Å². The van der Waals surface area contributed by atoms with Crippen LogP contribution in [0.4, 0.5) is 5.82 Å². The van der Waals surface area contributed by atoms with Crippen molar-refractivity contribution in [1.29, 1.82) is 0 Å². The summed E-state index contributed by atoms with van der Waals surface area (Å²) in [7, 11) is 0. The molecule has 0 bridgehead atoms. The molecule has 1 N–H and O–H groups in total. The van der Waals surface area contributed by atoms with Gasteiger partial charge in [-0.2, -0.15) is 0 Å². The maximum atomic E-state index is 12.6. The number of benzene rings is 1.